The molecule has 2 rings (SSSR count). The normalized spacial score (nSPS) is 11.5. The van der Waals surface area contributed by atoms with Gasteiger partial charge in [-0.05, 0) is 28.7 Å². The number of anilines is 1. The number of methoxy groups -OCH3 is 1. The molecule has 4 heteroatoms. The molecule has 0 aliphatic rings. The molecule has 0 bridgehead atoms. The zero-order valence-corrected chi connectivity index (χ0v) is 14.0. The van der Waals surface area contributed by atoms with Crippen LogP contribution in [-0.2, 0) is 10.2 Å². The van der Waals surface area contributed by atoms with Crippen LogP contribution >= 0.6 is 0 Å². The fraction of sp³-hybridized carbons (Fsp3) is 0.263. The first-order valence-electron chi connectivity index (χ1n) is 7.48. The van der Waals surface area contributed by atoms with E-state index in [9.17, 15) is 4.79 Å². The van der Waals surface area contributed by atoms with Gasteiger partial charge in [-0.1, -0.05) is 45.0 Å². The van der Waals surface area contributed by atoms with Crippen molar-refractivity contribution in [2.24, 2.45) is 0 Å². The van der Waals surface area contributed by atoms with Gasteiger partial charge in [0.2, 0.25) is 11.8 Å². The van der Waals surface area contributed by atoms with Crippen molar-refractivity contribution in [3.8, 4) is 5.88 Å². The second-order valence-electron chi connectivity index (χ2n) is 6.28. The van der Waals surface area contributed by atoms with Crippen molar-refractivity contribution < 1.29 is 9.53 Å². The summed E-state index contributed by atoms with van der Waals surface area (Å²) >= 11 is 0. The van der Waals surface area contributed by atoms with E-state index in [1.807, 2.05) is 12.1 Å². The maximum atomic E-state index is 11.9. The largest absolute Gasteiger partial charge is 0.481 e. The summed E-state index contributed by atoms with van der Waals surface area (Å²) in [4.78, 5) is 15.9. The quantitative estimate of drug-likeness (QED) is 0.867. The molecule has 1 heterocycles. The standard InChI is InChI=1S/C19H22N2O2/c1-19(2,3)15-8-5-14(6-9-15)7-11-17(22)21-16-10-12-18(23-4)20-13-16/h5-13H,1-4H3,(H,21,22)/b11-7+. The summed E-state index contributed by atoms with van der Waals surface area (Å²) in [6.45, 7) is 6.52. The summed E-state index contributed by atoms with van der Waals surface area (Å²) < 4.78 is 4.98. The lowest BCUT2D eigenvalue weighted by atomic mass is 9.87. The van der Waals surface area contributed by atoms with Gasteiger partial charge in [0.1, 0.15) is 0 Å². The Kier molecular flexibility index (Phi) is 5.16. The van der Waals surface area contributed by atoms with Gasteiger partial charge in [0.15, 0.2) is 0 Å². The molecule has 0 fully saturated rings. The van der Waals surface area contributed by atoms with Crippen LogP contribution in [0.4, 0.5) is 5.69 Å². The topological polar surface area (TPSA) is 51.2 Å². The third kappa shape index (κ3) is 4.95. The molecule has 0 unspecified atom stereocenters. The van der Waals surface area contributed by atoms with Crippen LogP contribution in [0.5, 0.6) is 5.88 Å². The molecule has 1 aromatic carbocycles. The number of carbonyl (C=O) groups excluding carboxylic acids is 1. The second-order valence-corrected chi connectivity index (χ2v) is 6.28. The van der Waals surface area contributed by atoms with Crippen LogP contribution in [0.3, 0.4) is 0 Å². The minimum atomic E-state index is -0.197. The first kappa shape index (κ1) is 16.7. The molecule has 1 amide bonds. The van der Waals surface area contributed by atoms with Gasteiger partial charge in [0.05, 0.1) is 19.0 Å². The Balaban J connectivity index is 1.97. The van der Waals surface area contributed by atoms with E-state index in [-0.39, 0.29) is 11.3 Å². The molecular formula is C19H22N2O2. The molecule has 0 atom stereocenters. The average Bonchev–Trinajstić information content (AvgIpc) is 2.53. The number of ether oxygens (including phenoxy) is 1. The summed E-state index contributed by atoms with van der Waals surface area (Å²) in [5, 5.41) is 2.76. The number of amides is 1. The zero-order chi connectivity index (χ0) is 16.9. The van der Waals surface area contributed by atoms with Crippen molar-refractivity contribution in [1.82, 2.24) is 4.98 Å². The van der Waals surface area contributed by atoms with Gasteiger partial charge in [0, 0.05) is 12.1 Å². The van der Waals surface area contributed by atoms with E-state index in [2.05, 4.69) is 43.2 Å². The highest BCUT2D eigenvalue weighted by atomic mass is 16.5. The highest BCUT2D eigenvalue weighted by Gasteiger charge is 2.12. The molecule has 0 saturated carbocycles. The zero-order valence-electron chi connectivity index (χ0n) is 14.0. The fourth-order valence-corrected chi connectivity index (χ4v) is 2.03. The maximum Gasteiger partial charge on any atom is 0.248 e. The second kappa shape index (κ2) is 7.09. The number of hydrogen-bond acceptors (Lipinski definition) is 3. The highest BCUT2D eigenvalue weighted by Crippen LogP contribution is 2.22. The van der Waals surface area contributed by atoms with Crippen molar-refractivity contribution in [3.05, 3.63) is 59.8 Å². The van der Waals surface area contributed by atoms with Crippen LogP contribution in [0.25, 0.3) is 6.08 Å². The van der Waals surface area contributed by atoms with E-state index in [1.165, 1.54) is 11.6 Å². The summed E-state index contributed by atoms with van der Waals surface area (Å²) in [6.07, 6.45) is 4.86. The van der Waals surface area contributed by atoms with Crippen LogP contribution in [0, 0.1) is 0 Å². The first-order chi connectivity index (χ1) is 10.9. The summed E-state index contributed by atoms with van der Waals surface area (Å²) in [6, 6.07) is 11.6. The minimum absolute atomic E-state index is 0.126. The monoisotopic (exact) mass is 310 g/mol. The van der Waals surface area contributed by atoms with Crippen LogP contribution < -0.4 is 10.1 Å². The molecular weight excluding hydrogens is 288 g/mol. The molecule has 23 heavy (non-hydrogen) atoms. The van der Waals surface area contributed by atoms with E-state index in [4.69, 9.17) is 4.74 Å². The molecule has 0 aliphatic heterocycles. The van der Waals surface area contributed by atoms with Crippen molar-refractivity contribution in [1.29, 1.82) is 0 Å². The van der Waals surface area contributed by atoms with Gasteiger partial charge in [0.25, 0.3) is 0 Å². The van der Waals surface area contributed by atoms with E-state index >= 15 is 0 Å². The summed E-state index contributed by atoms with van der Waals surface area (Å²) in [7, 11) is 1.55. The van der Waals surface area contributed by atoms with Crippen LogP contribution in [0.2, 0.25) is 0 Å². The SMILES string of the molecule is COc1ccc(NC(=O)/C=C/c2ccc(C(C)(C)C)cc2)cn1. The molecule has 120 valence electrons. The first-order valence-corrected chi connectivity index (χ1v) is 7.48. The molecule has 1 N–H and O–H groups in total. The van der Waals surface area contributed by atoms with Gasteiger partial charge in [-0.15, -0.1) is 0 Å². The van der Waals surface area contributed by atoms with Gasteiger partial charge in [-0.25, -0.2) is 4.98 Å². The maximum absolute atomic E-state index is 11.9. The van der Waals surface area contributed by atoms with E-state index < -0.39 is 0 Å². The Morgan fingerprint density at radius 2 is 1.83 bits per heavy atom. The molecule has 0 saturated heterocycles. The molecule has 0 radical (unpaired) electrons. The minimum Gasteiger partial charge on any atom is -0.481 e. The number of rotatable bonds is 4. The Bertz CT molecular complexity index is 681. The van der Waals surface area contributed by atoms with Crippen LogP contribution in [0.1, 0.15) is 31.9 Å². The summed E-state index contributed by atoms with van der Waals surface area (Å²) in [5.74, 6) is 0.314. The number of benzene rings is 1. The smallest absolute Gasteiger partial charge is 0.248 e. The van der Waals surface area contributed by atoms with Crippen molar-refractivity contribution >= 4 is 17.7 Å². The van der Waals surface area contributed by atoms with E-state index in [1.54, 1.807) is 31.5 Å². The number of nitrogens with zero attached hydrogens (tertiary/aromatic N) is 1. The molecule has 0 spiro atoms. The van der Waals surface area contributed by atoms with Crippen LogP contribution in [0.15, 0.2) is 48.7 Å². The number of pyridine rings is 1. The molecule has 0 aliphatic carbocycles. The van der Waals surface area contributed by atoms with E-state index in [0.29, 0.717) is 11.6 Å². The number of aromatic nitrogens is 1. The van der Waals surface area contributed by atoms with Gasteiger partial charge >= 0.3 is 0 Å². The predicted molar refractivity (Wildman–Crippen MR) is 93.6 cm³/mol. The fourth-order valence-electron chi connectivity index (χ4n) is 2.03. The van der Waals surface area contributed by atoms with Gasteiger partial charge in [-0.3, -0.25) is 4.79 Å². The molecule has 2 aromatic rings. The third-order valence-corrected chi connectivity index (χ3v) is 3.42. The number of carbonyl (C=O) groups is 1. The molecule has 4 nitrogen and oxygen atoms in total. The molecule has 1 aromatic heterocycles. The van der Waals surface area contributed by atoms with Gasteiger partial charge in [-0.2, -0.15) is 0 Å². The predicted octanol–water partition coefficient (Wildman–Crippen LogP) is 4.04. The third-order valence-electron chi connectivity index (χ3n) is 3.42. The number of hydrogen-bond donors (Lipinski definition) is 1. The Labute approximate surface area is 137 Å². The van der Waals surface area contributed by atoms with Gasteiger partial charge < -0.3 is 10.1 Å². The lowest BCUT2D eigenvalue weighted by molar-refractivity contribution is -0.111. The average molecular weight is 310 g/mol. The van der Waals surface area contributed by atoms with Crippen LogP contribution in [-0.4, -0.2) is 18.0 Å². The Morgan fingerprint density at radius 1 is 1.13 bits per heavy atom. The van der Waals surface area contributed by atoms with Crippen molar-refractivity contribution in [3.63, 3.8) is 0 Å². The Hall–Kier alpha value is -2.62. The lowest BCUT2D eigenvalue weighted by Gasteiger charge is -2.18. The Morgan fingerprint density at radius 3 is 2.35 bits per heavy atom. The van der Waals surface area contributed by atoms with E-state index in [0.717, 1.165) is 5.56 Å². The lowest BCUT2D eigenvalue weighted by Crippen LogP contribution is -2.10. The highest BCUT2D eigenvalue weighted by molar-refractivity contribution is 6.01. The van der Waals surface area contributed by atoms with Crippen molar-refractivity contribution in [2.75, 3.05) is 12.4 Å². The number of nitrogens with one attached hydrogen (secondary N) is 1. The summed E-state index contributed by atoms with van der Waals surface area (Å²) in [5.41, 5.74) is 3.01. The van der Waals surface area contributed by atoms with Crippen molar-refractivity contribution in [2.45, 2.75) is 26.2 Å².